The van der Waals surface area contributed by atoms with E-state index in [1.165, 1.54) is 27.8 Å². The van der Waals surface area contributed by atoms with Crippen molar-refractivity contribution < 1.29 is 0 Å². The molecule has 29 heavy (non-hydrogen) atoms. The Labute approximate surface area is 180 Å². The maximum Gasteiger partial charge on any atom is 0.0832 e. The van der Waals surface area contributed by atoms with E-state index >= 15 is 0 Å². The first-order valence-electron chi connectivity index (χ1n) is 11.1. The molecule has 1 nitrogen and oxygen atoms in total. The van der Waals surface area contributed by atoms with Gasteiger partial charge in [-0.15, -0.1) is 0 Å². The van der Waals surface area contributed by atoms with Gasteiger partial charge in [-0.3, -0.25) is 0 Å². The van der Waals surface area contributed by atoms with Gasteiger partial charge in [0.25, 0.3) is 0 Å². The molecule has 2 N–H and O–H groups in total. The van der Waals surface area contributed by atoms with Crippen molar-refractivity contribution in [1.82, 2.24) is 0 Å². The van der Waals surface area contributed by atoms with Crippen LogP contribution in [0.3, 0.4) is 0 Å². The SMILES string of the molecule is CC(C)(N)C[Si](C)(C)c1c(C(C)(C)C)ccc2c1Cc1cc(C(C)(C)C)ccc1-2. The molecule has 158 valence electrons. The highest BCUT2D eigenvalue weighted by Gasteiger charge is 2.38. The van der Waals surface area contributed by atoms with Crippen LogP contribution in [0.1, 0.15) is 77.6 Å². The zero-order valence-electron chi connectivity index (χ0n) is 20.4. The fraction of sp³-hybridized carbons (Fsp3) is 0.556. The van der Waals surface area contributed by atoms with Gasteiger partial charge in [0.15, 0.2) is 0 Å². The zero-order valence-corrected chi connectivity index (χ0v) is 21.4. The fourth-order valence-electron chi connectivity index (χ4n) is 5.37. The van der Waals surface area contributed by atoms with Crippen LogP contribution in [0, 0.1) is 0 Å². The lowest BCUT2D eigenvalue weighted by atomic mass is 9.84. The van der Waals surface area contributed by atoms with Crippen molar-refractivity contribution in [3.05, 3.63) is 52.6 Å². The van der Waals surface area contributed by atoms with Gasteiger partial charge in [0.2, 0.25) is 0 Å². The number of hydrogen-bond donors (Lipinski definition) is 1. The summed E-state index contributed by atoms with van der Waals surface area (Å²) in [4.78, 5) is 0. The summed E-state index contributed by atoms with van der Waals surface area (Å²) >= 11 is 0. The summed E-state index contributed by atoms with van der Waals surface area (Å²) in [5, 5.41) is 1.66. The fourth-order valence-corrected chi connectivity index (χ4v) is 10.1. The second-order valence-corrected chi connectivity index (χ2v) is 17.2. The summed E-state index contributed by atoms with van der Waals surface area (Å²) in [7, 11) is -1.74. The Morgan fingerprint density at radius 1 is 0.828 bits per heavy atom. The van der Waals surface area contributed by atoms with Crippen LogP contribution < -0.4 is 10.9 Å². The Kier molecular flexibility index (Phi) is 5.24. The van der Waals surface area contributed by atoms with Crippen LogP contribution in [0.5, 0.6) is 0 Å². The molecular formula is C27H41NSi. The van der Waals surface area contributed by atoms with E-state index in [9.17, 15) is 0 Å². The first kappa shape index (κ1) is 22.3. The highest BCUT2D eigenvalue weighted by atomic mass is 28.3. The molecule has 2 heteroatoms. The minimum Gasteiger partial charge on any atom is -0.326 e. The van der Waals surface area contributed by atoms with E-state index in [1.54, 1.807) is 10.8 Å². The lowest BCUT2D eigenvalue weighted by Gasteiger charge is -2.37. The first-order chi connectivity index (χ1) is 13.0. The number of benzene rings is 2. The Morgan fingerprint density at radius 2 is 1.41 bits per heavy atom. The van der Waals surface area contributed by atoms with Crippen molar-refractivity contribution in [3.8, 4) is 11.1 Å². The second-order valence-electron chi connectivity index (χ2n) is 12.6. The Balaban J connectivity index is 2.23. The van der Waals surface area contributed by atoms with Crippen molar-refractivity contribution in [2.75, 3.05) is 0 Å². The monoisotopic (exact) mass is 407 g/mol. The van der Waals surface area contributed by atoms with Gasteiger partial charge >= 0.3 is 0 Å². The van der Waals surface area contributed by atoms with E-state index in [2.05, 4.69) is 98.8 Å². The van der Waals surface area contributed by atoms with E-state index in [0.29, 0.717) is 0 Å². The van der Waals surface area contributed by atoms with Crippen LogP contribution >= 0.6 is 0 Å². The van der Waals surface area contributed by atoms with Crippen LogP contribution in [-0.4, -0.2) is 13.6 Å². The predicted octanol–water partition coefficient (Wildman–Crippen LogP) is 6.51. The van der Waals surface area contributed by atoms with E-state index in [-0.39, 0.29) is 16.4 Å². The topological polar surface area (TPSA) is 26.0 Å². The van der Waals surface area contributed by atoms with Gasteiger partial charge in [0.1, 0.15) is 0 Å². The van der Waals surface area contributed by atoms with Gasteiger partial charge < -0.3 is 5.73 Å². The molecule has 3 rings (SSSR count). The summed E-state index contributed by atoms with van der Waals surface area (Å²) in [5.74, 6) is 0. The average molecular weight is 408 g/mol. The van der Waals surface area contributed by atoms with Gasteiger partial charge in [-0.1, -0.05) is 90.2 Å². The molecule has 0 saturated carbocycles. The lowest BCUT2D eigenvalue weighted by molar-refractivity contribution is 0.569. The maximum atomic E-state index is 6.55. The van der Waals surface area contributed by atoms with Gasteiger partial charge in [-0.2, -0.15) is 0 Å². The van der Waals surface area contributed by atoms with Crippen LogP contribution in [0.15, 0.2) is 30.3 Å². The largest absolute Gasteiger partial charge is 0.326 e. The minimum absolute atomic E-state index is 0.138. The highest BCUT2D eigenvalue weighted by molar-refractivity contribution is 6.90. The average Bonchev–Trinajstić information content (AvgIpc) is 2.87. The molecular weight excluding hydrogens is 366 g/mol. The first-order valence-corrected chi connectivity index (χ1v) is 14.3. The molecule has 0 spiro atoms. The molecule has 1 aliphatic carbocycles. The van der Waals surface area contributed by atoms with E-state index in [4.69, 9.17) is 5.73 Å². The van der Waals surface area contributed by atoms with Crippen LogP contribution in [-0.2, 0) is 17.3 Å². The van der Waals surface area contributed by atoms with Crippen molar-refractivity contribution in [3.63, 3.8) is 0 Å². The zero-order chi connectivity index (χ0) is 22.0. The normalized spacial score (nSPS) is 14.7. The van der Waals surface area contributed by atoms with Crippen molar-refractivity contribution in [2.45, 2.75) is 97.3 Å². The number of hydrogen-bond acceptors (Lipinski definition) is 1. The molecule has 0 radical (unpaired) electrons. The van der Waals surface area contributed by atoms with Crippen molar-refractivity contribution in [2.24, 2.45) is 5.73 Å². The molecule has 0 atom stereocenters. The molecule has 0 heterocycles. The second kappa shape index (κ2) is 6.82. The third kappa shape index (κ3) is 4.39. The summed E-state index contributed by atoms with van der Waals surface area (Å²) in [6, 6.07) is 13.1. The highest BCUT2D eigenvalue weighted by Crippen LogP contribution is 2.41. The molecule has 2 aromatic carbocycles. The van der Waals surface area contributed by atoms with E-state index in [0.717, 1.165) is 12.5 Å². The standard InChI is InChI=1S/C27H41NSi/c1-25(2,3)19-11-12-20-18(15-19)16-22-21(20)13-14-23(26(4,5)6)24(22)29(9,10)17-27(7,8)28/h11-15H,16-17,28H2,1-10H3. The van der Waals surface area contributed by atoms with Crippen LogP contribution in [0.2, 0.25) is 19.1 Å². The van der Waals surface area contributed by atoms with Crippen LogP contribution in [0.25, 0.3) is 11.1 Å². The van der Waals surface area contributed by atoms with E-state index < -0.39 is 8.07 Å². The summed E-state index contributed by atoms with van der Waals surface area (Å²) < 4.78 is 0. The van der Waals surface area contributed by atoms with Gasteiger partial charge in [0, 0.05) is 5.54 Å². The Morgan fingerprint density at radius 3 is 1.93 bits per heavy atom. The van der Waals surface area contributed by atoms with Crippen LogP contribution in [0.4, 0.5) is 0 Å². The van der Waals surface area contributed by atoms with Gasteiger partial charge in [-0.25, -0.2) is 0 Å². The molecule has 0 unspecified atom stereocenters. The van der Waals surface area contributed by atoms with Gasteiger partial charge in [-0.05, 0) is 70.5 Å². The molecule has 1 aliphatic rings. The molecule has 0 aromatic heterocycles. The number of rotatable bonds is 3. The minimum atomic E-state index is -1.74. The summed E-state index contributed by atoms with van der Waals surface area (Å²) in [6.45, 7) is 23.4. The van der Waals surface area contributed by atoms with Crippen molar-refractivity contribution >= 4 is 13.3 Å². The Bertz CT molecular complexity index is 931. The number of fused-ring (bicyclic) bond motifs is 3. The lowest BCUT2D eigenvalue weighted by Crippen LogP contribution is -2.53. The van der Waals surface area contributed by atoms with Gasteiger partial charge in [0.05, 0.1) is 8.07 Å². The molecule has 0 bridgehead atoms. The quantitative estimate of drug-likeness (QED) is 0.492. The smallest absolute Gasteiger partial charge is 0.0832 e. The third-order valence-corrected chi connectivity index (χ3v) is 10.0. The third-order valence-electron chi connectivity index (χ3n) is 6.32. The molecule has 2 aromatic rings. The number of nitrogens with two attached hydrogens (primary N) is 1. The molecule has 0 saturated heterocycles. The van der Waals surface area contributed by atoms with Crippen molar-refractivity contribution in [1.29, 1.82) is 0 Å². The summed E-state index contributed by atoms with van der Waals surface area (Å²) in [5.41, 5.74) is 15.7. The molecule has 0 amide bonds. The molecule has 0 fully saturated rings. The predicted molar refractivity (Wildman–Crippen MR) is 132 cm³/mol. The Hall–Kier alpha value is -1.38. The maximum absolute atomic E-state index is 6.55. The molecule has 0 aliphatic heterocycles. The summed E-state index contributed by atoms with van der Waals surface area (Å²) in [6.07, 6.45) is 1.06. The van der Waals surface area contributed by atoms with E-state index in [1.807, 2.05) is 0 Å².